The second kappa shape index (κ2) is 13.4. The van der Waals surface area contributed by atoms with E-state index in [2.05, 4.69) is 16.0 Å². The van der Waals surface area contributed by atoms with Crippen LogP contribution in [0.1, 0.15) is 40.5 Å². The van der Waals surface area contributed by atoms with Crippen LogP contribution in [0, 0.1) is 10.7 Å². The molecule has 1 rings (SSSR count). The van der Waals surface area contributed by atoms with Crippen LogP contribution < -0.4 is 16.0 Å². The van der Waals surface area contributed by atoms with E-state index in [1.165, 1.54) is 6.92 Å². The summed E-state index contributed by atoms with van der Waals surface area (Å²) in [6, 6.07) is 0. The van der Waals surface area contributed by atoms with Gasteiger partial charge in [-0.2, -0.15) is 0 Å². The Hall–Kier alpha value is -0.380. The van der Waals surface area contributed by atoms with Gasteiger partial charge in [-0.05, 0) is 74.7 Å². The summed E-state index contributed by atoms with van der Waals surface area (Å²) < 4.78 is 0.687. The van der Waals surface area contributed by atoms with Crippen LogP contribution in [0.5, 0.6) is 0 Å². The number of hydrogen-bond donors (Lipinski definition) is 8. The predicted octanol–water partition coefficient (Wildman–Crippen LogP) is -0.319. The van der Waals surface area contributed by atoms with E-state index in [1.54, 1.807) is 67.8 Å². The highest BCUT2D eigenvalue weighted by Gasteiger charge is 2.30. The minimum absolute atomic E-state index is 0.0266. The maximum atomic E-state index is 12.8. The average Bonchev–Trinajstić information content (AvgIpc) is 2.65. The number of rotatable bonds is 10. The van der Waals surface area contributed by atoms with Crippen LogP contribution in [0.4, 0.5) is 5.69 Å². The van der Waals surface area contributed by atoms with Crippen molar-refractivity contribution in [1.82, 2.24) is 10.6 Å². The molecular weight excluding hydrogens is 755 g/mol. The van der Waals surface area contributed by atoms with Crippen LogP contribution in [0.15, 0.2) is 0 Å². The first-order valence-electron chi connectivity index (χ1n) is 8.85. The average molecular weight is 777 g/mol. The molecular formula is C17H22I3N3O8. The van der Waals surface area contributed by atoms with Gasteiger partial charge in [0.2, 0.25) is 0 Å². The van der Waals surface area contributed by atoms with E-state index in [0.717, 1.165) is 0 Å². The normalized spacial score (nSPS) is 13.8. The number of hydrogen-bond acceptors (Lipinski definition) is 8. The summed E-state index contributed by atoms with van der Waals surface area (Å²) in [5, 5.41) is 54.1. The van der Waals surface area contributed by atoms with Crippen molar-refractivity contribution in [3.05, 3.63) is 21.8 Å². The van der Waals surface area contributed by atoms with Crippen molar-refractivity contribution in [2.45, 2.75) is 38.3 Å². The molecule has 0 aliphatic heterocycles. The molecule has 14 heteroatoms. The topological polar surface area (TPSA) is 188 Å². The summed E-state index contributed by atoms with van der Waals surface area (Å²) in [6.07, 6.45) is -4.28. The zero-order chi connectivity index (χ0) is 23.9. The fourth-order valence-electron chi connectivity index (χ4n) is 2.24. The molecule has 3 atom stereocenters. The molecule has 31 heavy (non-hydrogen) atoms. The van der Waals surface area contributed by atoms with E-state index >= 15 is 0 Å². The number of aliphatic hydroxyl groups excluding tert-OH is 5. The maximum absolute atomic E-state index is 12.8. The predicted molar refractivity (Wildman–Crippen MR) is 135 cm³/mol. The van der Waals surface area contributed by atoms with Gasteiger partial charge >= 0.3 is 0 Å². The molecule has 2 unspecified atom stereocenters. The summed E-state index contributed by atoms with van der Waals surface area (Å²) >= 11 is 5.37. The number of carbonyl (C=O) groups is 3. The molecule has 0 heterocycles. The zero-order valence-corrected chi connectivity index (χ0v) is 22.6. The Morgan fingerprint density at radius 3 is 1.52 bits per heavy atom. The van der Waals surface area contributed by atoms with Crippen molar-refractivity contribution in [3.63, 3.8) is 0 Å². The fraction of sp³-hybridized carbons (Fsp3) is 0.471. The van der Waals surface area contributed by atoms with Gasteiger partial charge in [0.1, 0.15) is 18.6 Å². The van der Waals surface area contributed by atoms with Crippen LogP contribution >= 0.6 is 67.8 Å². The number of anilines is 1. The lowest BCUT2D eigenvalue weighted by molar-refractivity contribution is -0.123. The van der Waals surface area contributed by atoms with Crippen molar-refractivity contribution < 1.29 is 39.9 Å². The molecule has 0 spiro atoms. The number of amides is 3. The minimum Gasteiger partial charge on any atom is -0.396 e. The van der Waals surface area contributed by atoms with Gasteiger partial charge in [0.15, 0.2) is 0 Å². The van der Waals surface area contributed by atoms with Gasteiger partial charge in [-0.3, -0.25) is 14.4 Å². The third-order valence-electron chi connectivity index (χ3n) is 3.80. The van der Waals surface area contributed by atoms with Crippen molar-refractivity contribution in [2.75, 3.05) is 18.5 Å². The Balaban J connectivity index is 3.59. The smallest absolute Gasteiger partial charge is 0.255 e. The van der Waals surface area contributed by atoms with E-state index in [0.29, 0.717) is 0 Å². The van der Waals surface area contributed by atoms with Crippen LogP contribution in [0.25, 0.3) is 0 Å². The van der Waals surface area contributed by atoms with Gasteiger partial charge in [0.25, 0.3) is 17.7 Å². The van der Waals surface area contributed by atoms with E-state index in [9.17, 15) is 29.7 Å². The number of nitrogens with one attached hydrogen (secondary N) is 3. The Labute approximate surface area is 218 Å². The molecule has 8 N–H and O–H groups in total. The molecule has 0 fully saturated rings. The van der Waals surface area contributed by atoms with E-state index in [1.807, 2.05) is 0 Å². The standard InChI is InChI=1S/C17H22I3N3O8/c1-6(26)15(29)23-14-12(19)9(16(30)21-7(27)2-4-24)11(18)10(13(14)20)17(31)22-8(28)3-5-25/h6-8,24-28H,2-5H2,1H3,(H,21,30)(H,22,31)(H,23,29)/t6-,7?,8?/m0/s1. The van der Waals surface area contributed by atoms with Crippen LogP contribution in [0.3, 0.4) is 0 Å². The van der Waals surface area contributed by atoms with Gasteiger partial charge in [-0.1, -0.05) is 0 Å². The monoisotopic (exact) mass is 777 g/mol. The van der Waals surface area contributed by atoms with Crippen LogP contribution in [0.2, 0.25) is 0 Å². The second-order valence-electron chi connectivity index (χ2n) is 6.24. The molecule has 0 aliphatic rings. The number of carbonyl (C=O) groups excluding carboxylic acids is 3. The van der Waals surface area contributed by atoms with E-state index in [-0.39, 0.29) is 53.6 Å². The third kappa shape index (κ3) is 7.86. The summed E-state index contributed by atoms with van der Waals surface area (Å²) in [6.45, 7) is 0.516. The molecule has 0 saturated carbocycles. The van der Waals surface area contributed by atoms with Gasteiger partial charge in [0, 0.05) is 29.6 Å². The Morgan fingerprint density at radius 1 is 0.806 bits per heavy atom. The first-order valence-corrected chi connectivity index (χ1v) is 12.1. The third-order valence-corrected chi connectivity index (χ3v) is 7.04. The molecule has 0 aliphatic carbocycles. The largest absolute Gasteiger partial charge is 0.396 e. The summed E-state index contributed by atoms with van der Waals surface area (Å²) in [4.78, 5) is 37.7. The van der Waals surface area contributed by atoms with Crippen LogP contribution in [-0.2, 0) is 4.79 Å². The molecule has 0 bridgehead atoms. The highest BCUT2D eigenvalue weighted by atomic mass is 127. The number of aliphatic hydroxyl groups is 5. The van der Waals surface area contributed by atoms with Gasteiger partial charge in [0.05, 0.1) is 24.0 Å². The SMILES string of the molecule is C[C@H](O)C(=O)Nc1c(I)c(C(=O)NC(O)CCO)c(I)c(C(=O)NC(O)CCO)c1I. The summed E-state index contributed by atoms with van der Waals surface area (Å²) in [5.74, 6) is -2.29. The Kier molecular flexibility index (Phi) is 12.3. The molecule has 0 saturated heterocycles. The first-order chi connectivity index (χ1) is 14.5. The Morgan fingerprint density at radius 2 is 1.19 bits per heavy atom. The quantitative estimate of drug-likeness (QED) is 0.117. The van der Waals surface area contributed by atoms with Crippen molar-refractivity contribution in [3.8, 4) is 0 Å². The highest BCUT2D eigenvalue weighted by Crippen LogP contribution is 2.36. The van der Waals surface area contributed by atoms with Gasteiger partial charge in [-0.25, -0.2) is 0 Å². The zero-order valence-electron chi connectivity index (χ0n) is 16.2. The highest BCUT2D eigenvalue weighted by molar-refractivity contribution is 14.1. The van der Waals surface area contributed by atoms with Gasteiger partial charge < -0.3 is 41.5 Å². The molecule has 0 radical (unpaired) electrons. The molecule has 11 nitrogen and oxygen atoms in total. The molecule has 3 amide bonds. The maximum Gasteiger partial charge on any atom is 0.255 e. The van der Waals surface area contributed by atoms with E-state index < -0.39 is 36.3 Å². The number of halogens is 3. The van der Waals surface area contributed by atoms with Crippen molar-refractivity contribution >= 4 is 91.2 Å². The van der Waals surface area contributed by atoms with Crippen LogP contribution in [-0.4, -0.2) is 75.0 Å². The first kappa shape index (κ1) is 28.7. The molecule has 1 aromatic rings. The fourth-order valence-corrected chi connectivity index (χ4v) is 6.65. The molecule has 174 valence electrons. The van der Waals surface area contributed by atoms with E-state index in [4.69, 9.17) is 10.2 Å². The Bertz CT molecular complexity index is 784. The molecule has 1 aromatic carbocycles. The second-order valence-corrected chi connectivity index (χ2v) is 9.47. The summed E-state index contributed by atoms with van der Waals surface area (Å²) in [5.41, 5.74) is 0.0405. The lowest BCUT2D eigenvalue weighted by atomic mass is 10.1. The number of benzene rings is 1. The summed E-state index contributed by atoms with van der Waals surface area (Å²) in [7, 11) is 0. The van der Waals surface area contributed by atoms with Gasteiger partial charge in [-0.15, -0.1) is 0 Å². The van der Waals surface area contributed by atoms with Crippen molar-refractivity contribution in [2.24, 2.45) is 0 Å². The minimum atomic E-state index is -1.36. The lowest BCUT2D eigenvalue weighted by Gasteiger charge is -2.21. The van der Waals surface area contributed by atoms with Crippen molar-refractivity contribution in [1.29, 1.82) is 0 Å². The lowest BCUT2D eigenvalue weighted by Crippen LogP contribution is -2.39. The molecule has 0 aromatic heterocycles.